The number of rotatable bonds is 0. The second-order valence-electron chi connectivity index (χ2n) is 4.99. The molecule has 2 N–H and O–H groups in total. The zero-order valence-electron chi connectivity index (χ0n) is 10.6. The summed E-state index contributed by atoms with van der Waals surface area (Å²) in [4.78, 5) is 9.17. The van der Waals surface area contributed by atoms with Crippen molar-refractivity contribution in [3.63, 3.8) is 0 Å². The van der Waals surface area contributed by atoms with E-state index in [-0.39, 0.29) is 0 Å². The van der Waals surface area contributed by atoms with Gasteiger partial charge < -0.3 is 10.4 Å². The van der Waals surface area contributed by atoms with E-state index in [9.17, 15) is 5.11 Å². The minimum Gasteiger partial charge on any atom is -0.370 e. The van der Waals surface area contributed by atoms with Crippen molar-refractivity contribution in [2.75, 3.05) is 11.1 Å². The van der Waals surface area contributed by atoms with Crippen molar-refractivity contribution >= 4 is 28.6 Å². The van der Waals surface area contributed by atoms with E-state index in [4.69, 9.17) is 0 Å². The number of anilines is 1. The van der Waals surface area contributed by atoms with Crippen LogP contribution < -0.4 is 5.32 Å². The molecule has 2 heterocycles. The van der Waals surface area contributed by atoms with Crippen LogP contribution in [-0.2, 0) is 0 Å². The number of hydrogen-bond donors (Lipinski definition) is 2. The van der Waals surface area contributed by atoms with Crippen LogP contribution in [0.4, 0.5) is 5.82 Å². The second kappa shape index (κ2) is 3.83. The van der Waals surface area contributed by atoms with Crippen molar-refractivity contribution in [3.05, 3.63) is 23.3 Å². The fraction of sp³-hybridized carbons (Fsp3) is 0.385. The topological polar surface area (TPSA) is 58.0 Å². The number of aliphatic hydroxyl groups is 1. The van der Waals surface area contributed by atoms with E-state index in [0.717, 1.165) is 16.1 Å². The Morgan fingerprint density at radius 1 is 1.22 bits per heavy atom. The fourth-order valence-electron chi connectivity index (χ4n) is 1.98. The van der Waals surface area contributed by atoms with Crippen molar-refractivity contribution in [2.45, 2.75) is 31.5 Å². The van der Waals surface area contributed by atoms with Crippen LogP contribution in [0.2, 0.25) is 0 Å². The van der Waals surface area contributed by atoms with Crippen molar-refractivity contribution in [1.29, 1.82) is 0 Å². The summed E-state index contributed by atoms with van der Waals surface area (Å²) in [5, 5.41) is 13.9. The lowest BCUT2D eigenvalue weighted by Crippen LogP contribution is -2.40. The standard InChI is InChI=1S/C13H15N3OS/c1-7-4-9-10(5-8(7)2)15-12-11(14-9)16-13(3,17)6-18-12/h4-5,17H,6H2,1-3H3,(H,14,16). The average Bonchev–Trinajstić information content (AvgIpc) is 2.28. The maximum Gasteiger partial charge on any atom is 0.161 e. The van der Waals surface area contributed by atoms with E-state index in [0.29, 0.717) is 11.6 Å². The van der Waals surface area contributed by atoms with Crippen molar-refractivity contribution in [2.24, 2.45) is 0 Å². The van der Waals surface area contributed by atoms with Gasteiger partial charge in [-0.3, -0.25) is 0 Å². The van der Waals surface area contributed by atoms with Gasteiger partial charge in [0, 0.05) is 5.75 Å². The molecule has 2 aromatic rings. The first-order valence-electron chi connectivity index (χ1n) is 5.87. The highest BCUT2D eigenvalue weighted by atomic mass is 32.2. The van der Waals surface area contributed by atoms with Crippen LogP contribution in [0.1, 0.15) is 18.1 Å². The van der Waals surface area contributed by atoms with Crippen molar-refractivity contribution in [3.8, 4) is 0 Å². The monoisotopic (exact) mass is 261 g/mol. The molecule has 0 amide bonds. The SMILES string of the molecule is Cc1cc2nc3c(nc2cc1C)SCC(C)(O)N3. The zero-order chi connectivity index (χ0) is 12.9. The Hall–Kier alpha value is -1.33. The van der Waals surface area contributed by atoms with Gasteiger partial charge in [0.2, 0.25) is 0 Å². The van der Waals surface area contributed by atoms with Crippen molar-refractivity contribution in [1.82, 2.24) is 9.97 Å². The summed E-state index contributed by atoms with van der Waals surface area (Å²) in [6.45, 7) is 5.88. The Bertz CT molecular complexity index is 640. The second-order valence-corrected chi connectivity index (χ2v) is 5.95. The molecule has 0 saturated heterocycles. The van der Waals surface area contributed by atoms with E-state index >= 15 is 0 Å². The summed E-state index contributed by atoms with van der Waals surface area (Å²) in [6, 6.07) is 4.10. The first-order chi connectivity index (χ1) is 8.44. The number of nitrogens with zero attached hydrogens (tertiary/aromatic N) is 2. The number of benzene rings is 1. The molecule has 0 aliphatic carbocycles. The van der Waals surface area contributed by atoms with E-state index in [1.54, 1.807) is 6.92 Å². The third-order valence-corrected chi connectivity index (χ3v) is 4.39. The molecule has 0 saturated carbocycles. The lowest BCUT2D eigenvalue weighted by atomic mass is 10.1. The molecule has 0 radical (unpaired) electrons. The minimum atomic E-state index is -0.917. The molecule has 3 rings (SSSR count). The smallest absolute Gasteiger partial charge is 0.161 e. The lowest BCUT2D eigenvalue weighted by Gasteiger charge is -2.30. The Morgan fingerprint density at radius 2 is 1.83 bits per heavy atom. The normalized spacial score (nSPS) is 22.7. The quantitative estimate of drug-likeness (QED) is 0.763. The molecule has 1 aliphatic rings. The highest BCUT2D eigenvalue weighted by molar-refractivity contribution is 7.99. The molecule has 0 spiro atoms. The lowest BCUT2D eigenvalue weighted by molar-refractivity contribution is 0.114. The molecule has 0 fully saturated rings. The zero-order valence-corrected chi connectivity index (χ0v) is 11.4. The Kier molecular flexibility index (Phi) is 2.50. The third-order valence-electron chi connectivity index (χ3n) is 3.13. The Morgan fingerprint density at radius 3 is 2.50 bits per heavy atom. The molecule has 1 aromatic heterocycles. The highest BCUT2D eigenvalue weighted by Gasteiger charge is 2.28. The molecular weight excluding hydrogens is 246 g/mol. The van der Waals surface area contributed by atoms with Crippen molar-refractivity contribution < 1.29 is 5.11 Å². The predicted molar refractivity (Wildman–Crippen MR) is 74.0 cm³/mol. The number of aryl methyl sites for hydroxylation is 2. The molecule has 5 heteroatoms. The summed E-state index contributed by atoms with van der Waals surface area (Å²) in [6.07, 6.45) is 0. The number of thioether (sulfide) groups is 1. The molecule has 1 unspecified atom stereocenters. The van der Waals surface area contributed by atoms with Crippen LogP contribution in [0.3, 0.4) is 0 Å². The van der Waals surface area contributed by atoms with Crippen LogP contribution in [0.5, 0.6) is 0 Å². The summed E-state index contributed by atoms with van der Waals surface area (Å²) in [5.41, 5.74) is 3.28. The van der Waals surface area contributed by atoms with Crippen LogP contribution in [0.15, 0.2) is 17.2 Å². The highest BCUT2D eigenvalue weighted by Crippen LogP contribution is 2.34. The first-order valence-corrected chi connectivity index (χ1v) is 6.85. The molecule has 4 nitrogen and oxygen atoms in total. The van der Waals surface area contributed by atoms with Gasteiger partial charge in [-0.1, -0.05) is 11.8 Å². The molecule has 94 valence electrons. The van der Waals surface area contributed by atoms with Gasteiger partial charge in [-0.25, -0.2) is 9.97 Å². The molecule has 1 aromatic carbocycles. The number of fused-ring (bicyclic) bond motifs is 2. The molecule has 0 bridgehead atoms. The van der Waals surface area contributed by atoms with Crippen LogP contribution >= 0.6 is 11.8 Å². The Labute approximate surface area is 110 Å². The van der Waals surface area contributed by atoms with E-state index < -0.39 is 5.72 Å². The van der Waals surface area contributed by atoms with Gasteiger partial charge in [0.1, 0.15) is 10.8 Å². The maximum absolute atomic E-state index is 9.99. The van der Waals surface area contributed by atoms with Gasteiger partial charge in [0.15, 0.2) is 5.82 Å². The number of aromatic nitrogens is 2. The van der Waals surface area contributed by atoms with Gasteiger partial charge >= 0.3 is 0 Å². The predicted octanol–water partition coefficient (Wildman–Crippen LogP) is 2.47. The summed E-state index contributed by atoms with van der Waals surface area (Å²) < 4.78 is 0. The number of nitrogens with one attached hydrogen (secondary N) is 1. The maximum atomic E-state index is 9.99. The van der Waals surface area contributed by atoms with Gasteiger partial charge in [0.05, 0.1) is 11.0 Å². The minimum absolute atomic E-state index is 0.574. The molecule has 1 atom stereocenters. The summed E-state index contributed by atoms with van der Waals surface area (Å²) in [7, 11) is 0. The summed E-state index contributed by atoms with van der Waals surface area (Å²) in [5.74, 6) is 1.25. The number of hydrogen-bond acceptors (Lipinski definition) is 5. The molecule has 1 aliphatic heterocycles. The van der Waals surface area contributed by atoms with Crippen LogP contribution in [-0.4, -0.2) is 26.6 Å². The fourth-order valence-corrected chi connectivity index (χ4v) is 2.86. The van der Waals surface area contributed by atoms with E-state index in [1.807, 2.05) is 6.07 Å². The van der Waals surface area contributed by atoms with Crippen LogP contribution in [0, 0.1) is 13.8 Å². The Balaban J connectivity index is 2.19. The van der Waals surface area contributed by atoms with Crippen LogP contribution in [0.25, 0.3) is 11.0 Å². The first kappa shape index (κ1) is 11.7. The van der Waals surface area contributed by atoms with Gasteiger partial charge in [-0.15, -0.1) is 0 Å². The largest absolute Gasteiger partial charge is 0.370 e. The average molecular weight is 261 g/mol. The summed E-state index contributed by atoms with van der Waals surface area (Å²) >= 11 is 1.53. The molecular formula is C13H15N3OS. The van der Waals surface area contributed by atoms with Gasteiger partial charge in [0.25, 0.3) is 0 Å². The third kappa shape index (κ3) is 1.93. The van der Waals surface area contributed by atoms with Gasteiger partial charge in [-0.2, -0.15) is 0 Å². The molecule has 18 heavy (non-hydrogen) atoms. The van der Waals surface area contributed by atoms with Gasteiger partial charge in [-0.05, 0) is 44.0 Å². The van der Waals surface area contributed by atoms with E-state index in [1.165, 1.54) is 22.9 Å². The van der Waals surface area contributed by atoms with E-state index in [2.05, 4.69) is 35.2 Å².